The summed E-state index contributed by atoms with van der Waals surface area (Å²) in [6.45, 7) is 5.32. The van der Waals surface area contributed by atoms with Crippen LogP contribution in [0.1, 0.15) is 16.7 Å². The molecule has 0 spiro atoms. The van der Waals surface area contributed by atoms with Gasteiger partial charge < -0.3 is 9.64 Å². The number of hydrogen-bond donors (Lipinski definition) is 0. The molecule has 2 aromatic rings. The summed E-state index contributed by atoms with van der Waals surface area (Å²) in [7, 11) is 0. The van der Waals surface area contributed by atoms with Crippen molar-refractivity contribution in [3.8, 4) is 11.5 Å². The number of ether oxygens (including phenoxy) is 1. The quantitative estimate of drug-likeness (QED) is 0.684. The summed E-state index contributed by atoms with van der Waals surface area (Å²) in [5.74, 6) is 1.99. The molecule has 0 unspecified atom stereocenters. The van der Waals surface area contributed by atoms with Gasteiger partial charge >= 0.3 is 0 Å². The summed E-state index contributed by atoms with van der Waals surface area (Å²) < 4.78 is 6.06. The molecular formula is C16H15NO. The molecule has 2 heterocycles. The molecule has 0 aromatic heterocycles. The van der Waals surface area contributed by atoms with Crippen molar-refractivity contribution in [2.75, 3.05) is 11.4 Å². The molecule has 2 heteroatoms. The topological polar surface area (TPSA) is 12.5 Å². The molecule has 4 rings (SSSR count). The Morgan fingerprint density at radius 2 is 1.89 bits per heavy atom. The smallest absolute Gasteiger partial charge is 0.151 e. The van der Waals surface area contributed by atoms with E-state index in [0.717, 1.165) is 24.5 Å². The van der Waals surface area contributed by atoms with Crippen LogP contribution in [0.2, 0.25) is 0 Å². The predicted molar refractivity (Wildman–Crippen MR) is 73.1 cm³/mol. The van der Waals surface area contributed by atoms with Gasteiger partial charge in [0.25, 0.3) is 0 Å². The van der Waals surface area contributed by atoms with Gasteiger partial charge in [-0.15, -0.1) is 0 Å². The summed E-state index contributed by atoms with van der Waals surface area (Å²) in [5.41, 5.74) is 6.46. The summed E-state index contributed by atoms with van der Waals surface area (Å²) in [6.07, 6.45) is 1.11. The summed E-state index contributed by atoms with van der Waals surface area (Å²) in [6, 6.07) is 10.8. The highest BCUT2D eigenvalue weighted by atomic mass is 16.5. The van der Waals surface area contributed by atoms with E-state index in [1.54, 1.807) is 0 Å². The zero-order chi connectivity index (χ0) is 12.3. The molecule has 2 aliphatic heterocycles. The van der Waals surface area contributed by atoms with E-state index in [2.05, 4.69) is 49.1 Å². The van der Waals surface area contributed by atoms with E-state index in [9.17, 15) is 0 Å². The lowest BCUT2D eigenvalue weighted by Crippen LogP contribution is -2.18. The fourth-order valence-corrected chi connectivity index (χ4v) is 3.02. The molecule has 0 amide bonds. The molecule has 0 atom stereocenters. The van der Waals surface area contributed by atoms with Crippen LogP contribution in [0.4, 0.5) is 11.4 Å². The van der Waals surface area contributed by atoms with Gasteiger partial charge in [0.15, 0.2) is 11.5 Å². The van der Waals surface area contributed by atoms with Crippen LogP contribution < -0.4 is 9.64 Å². The van der Waals surface area contributed by atoms with Crippen LogP contribution in [0.3, 0.4) is 0 Å². The van der Waals surface area contributed by atoms with Gasteiger partial charge in [-0.2, -0.15) is 0 Å². The summed E-state index contributed by atoms with van der Waals surface area (Å²) >= 11 is 0. The zero-order valence-corrected chi connectivity index (χ0v) is 10.7. The highest BCUT2D eigenvalue weighted by Crippen LogP contribution is 2.51. The van der Waals surface area contributed by atoms with Crippen molar-refractivity contribution in [3.63, 3.8) is 0 Å². The maximum atomic E-state index is 6.06. The molecule has 2 aromatic carbocycles. The minimum atomic E-state index is 0.978. The second-order valence-electron chi connectivity index (χ2n) is 5.25. The molecule has 0 N–H and O–H groups in total. The van der Waals surface area contributed by atoms with E-state index >= 15 is 0 Å². The predicted octanol–water partition coefficient (Wildman–Crippen LogP) is 4.10. The van der Waals surface area contributed by atoms with E-state index < -0.39 is 0 Å². The van der Waals surface area contributed by atoms with Crippen molar-refractivity contribution < 1.29 is 4.74 Å². The Morgan fingerprint density at radius 1 is 1.00 bits per heavy atom. The van der Waals surface area contributed by atoms with E-state index in [0.29, 0.717) is 0 Å². The third-order valence-corrected chi connectivity index (χ3v) is 3.80. The van der Waals surface area contributed by atoms with Crippen molar-refractivity contribution in [3.05, 3.63) is 47.0 Å². The number of benzene rings is 2. The van der Waals surface area contributed by atoms with E-state index in [-0.39, 0.29) is 0 Å². The average molecular weight is 237 g/mol. The van der Waals surface area contributed by atoms with Crippen LogP contribution in [0.25, 0.3) is 0 Å². The second kappa shape index (κ2) is 3.29. The first-order valence-electron chi connectivity index (χ1n) is 6.42. The molecule has 0 radical (unpaired) electrons. The van der Waals surface area contributed by atoms with E-state index in [1.165, 1.54) is 28.1 Å². The number of rotatable bonds is 0. The highest BCUT2D eigenvalue weighted by Gasteiger charge is 2.31. The van der Waals surface area contributed by atoms with Gasteiger partial charge in [-0.25, -0.2) is 0 Å². The summed E-state index contributed by atoms with van der Waals surface area (Å²) in [4.78, 5) is 2.40. The molecule has 2 aliphatic rings. The molecule has 18 heavy (non-hydrogen) atoms. The van der Waals surface area contributed by atoms with Gasteiger partial charge in [-0.05, 0) is 55.2 Å². The van der Waals surface area contributed by atoms with Gasteiger partial charge in [0.1, 0.15) is 0 Å². The van der Waals surface area contributed by atoms with Crippen LogP contribution in [-0.2, 0) is 6.42 Å². The normalized spacial score (nSPS) is 15.1. The van der Waals surface area contributed by atoms with Gasteiger partial charge in [0.2, 0.25) is 0 Å². The number of nitrogens with zero attached hydrogens (tertiary/aromatic N) is 1. The van der Waals surface area contributed by atoms with E-state index in [4.69, 9.17) is 4.74 Å². The molecule has 90 valence electrons. The molecular weight excluding hydrogens is 222 g/mol. The van der Waals surface area contributed by atoms with Crippen LogP contribution in [0.15, 0.2) is 30.3 Å². The molecule has 0 saturated heterocycles. The summed E-state index contributed by atoms with van der Waals surface area (Å²) in [5, 5.41) is 0. The van der Waals surface area contributed by atoms with Crippen LogP contribution in [0.5, 0.6) is 11.5 Å². The Balaban J connectivity index is 1.98. The Bertz CT molecular complexity index is 660. The van der Waals surface area contributed by atoms with Crippen molar-refractivity contribution in [1.29, 1.82) is 0 Å². The first-order chi connectivity index (χ1) is 8.72. The Hall–Kier alpha value is -1.96. The lowest BCUT2D eigenvalue weighted by atomic mass is 10.1. The van der Waals surface area contributed by atoms with Crippen molar-refractivity contribution in [2.45, 2.75) is 20.3 Å². The van der Waals surface area contributed by atoms with Crippen molar-refractivity contribution in [2.24, 2.45) is 0 Å². The minimum Gasteiger partial charge on any atom is -0.453 e. The lowest BCUT2D eigenvalue weighted by Gasteiger charge is -2.30. The second-order valence-corrected chi connectivity index (χ2v) is 5.25. The van der Waals surface area contributed by atoms with Gasteiger partial charge in [-0.3, -0.25) is 0 Å². The first kappa shape index (κ1) is 10.0. The number of hydrogen-bond acceptors (Lipinski definition) is 2. The van der Waals surface area contributed by atoms with Crippen LogP contribution in [0, 0.1) is 13.8 Å². The van der Waals surface area contributed by atoms with E-state index in [1.807, 2.05) is 0 Å². The fourth-order valence-electron chi connectivity index (χ4n) is 3.02. The maximum absolute atomic E-state index is 6.06. The van der Waals surface area contributed by atoms with Crippen molar-refractivity contribution in [1.82, 2.24) is 0 Å². The number of fused-ring (bicyclic) bond motifs is 2. The number of anilines is 2. The van der Waals surface area contributed by atoms with Crippen LogP contribution >= 0.6 is 0 Å². The Kier molecular flexibility index (Phi) is 1.83. The Labute approximate surface area is 107 Å². The molecule has 0 aliphatic carbocycles. The lowest BCUT2D eigenvalue weighted by molar-refractivity contribution is 0.475. The molecule has 0 fully saturated rings. The average Bonchev–Trinajstić information content (AvgIpc) is 2.75. The molecule has 0 saturated carbocycles. The minimum absolute atomic E-state index is 0.978. The Morgan fingerprint density at radius 3 is 2.78 bits per heavy atom. The van der Waals surface area contributed by atoms with Crippen LogP contribution in [-0.4, -0.2) is 6.54 Å². The highest BCUT2D eigenvalue weighted by molar-refractivity contribution is 5.83. The fraction of sp³-hybridized carbons (Fsp3) is 0.250. The molecule has 0 bridgehead atoms. The first-order valence-corrected chi connectivity index (χ1v) is 6.42. The third kappa shape index (κ3) is 1.23. The largest absolute Gasteiger partial charge is 0.453 e. The monoisotopic (exact) mass is 237 g/mol. The maximum Gasteiger partial charge on any atom is 0.151 e. The van der Waals surface area contributed by atoms with Crippen molar-refractivity contribution >= 4 is 11.4 Å². The standard InChI is InChI=1S/C16H15NO/c1-10-3-4-14-13(8-10)17-6-5-12-7-11(2)9-15(18-14)16(12)17/h3-4,7-9H,5-6H2,1-2H3. The number of aryl methyl sites for hydroxylation is 2. The van der Waals surface area contributed by atoms with Gasteiger partial charge in [0, 0.05) is 6.54 Å². The molecule has 2 nitrogen and oxygen atoms in total. The zero-order valence-electron chi connectivity index (χ0n) is 10.7. The van der Waals surface area contributed by atoms with Gasteiger partial charge in [0.05, 0.1) is 11.4 Å². The SMILES string of the molecule is Cc1cc2c3c(c1)Oc1ccc(C)cc1N3CC2. The van der Waals surface area contributed by atoms with Gasteiger partial charge in [-0.1, -0.05) is 12.1 Å². The third-order valence-electron chi connectivity index (χ3n) is 3.80.